The summed E-state index contributed by atoms with van der Waals surface area (Å²) in [5, 5.41) is 24.5. The molecule has 9 heteroatoms. The number of anilines is 1. The molecule has 24 heavy (non-hydrogen) atoms. The summed E-state index contributed by atoms with van der Waals surface area (Å²) in [7, 11) is 2.78. The molecule has 126 valence electrons. The Kier molecular flexibility index (Phi) is 4.07. The fourth-order valence-corrected chi connectivity index (χ4v) is 2.74. The van der Waals surface area contributed by atoms with Crippen LogP contribution in [-0.4, -0.2) is 45.5 Å². The van der Waals surface area contributed by atoms with Crippen LogP contribution < -0.4 is 10.1 Å². The zero-order chi connectivity index (χ0) is 17.3. The van der Waals surface area contributed by atoms with E-state index in [4.69, 9.17) is 9.47 Å². The van der Waals surface area contributed by atoms with E-state index < -0.39 is 12.0 Å². The van der Waals surface area contributed by atoms with Gasteiger partial charge < -0.3 is 19.9 Å². The first-order valence-corrected chi connectivity index (χ1v) is 7.33. The van der Waals surface area contributed by atoms with Gasteiger partial charge in [0.1, 0.15) is 6.04 Å². The van der Waals surface area contributed by atoms with E-state index in [0.717, 1.165) is 0 Å². The number of nitrogens with zero attached hydrogens (tertiary/aromatic N) is 4. The van der Waals surface area contributed by atoms with Gasteiger partial charge >= 0.3 is 5.97 Å². The molecular formula is C15H17N5O4. The third-order valence-corrected chi connectivity index (χ3v) is 3.88. The van der Waals surface area contributed by atoms with Crippen molar-refractivity contribution in [2.45, 2.75) is 19.4 Å². The maximum atomic E-state index is 12.4. The highest BCUT2D eigenvalue weighted by Crippen LogP contribution is 2.38. The molecule has 0 fully saturated rings. The van der Waals surface area contributed by atoms with Crippen LogP contribution in [0.4, 0.5) is 5.95 Å². The topological polar surface area (TPSA) is 111 Å². The van der Waals surface area contributed by atoms with Crippen LogP contribution in [0.25, 0.3) is 0 Å². The van der Waals surface area contributed by atoms with Crippen molar-refractivity contribution in [2.75, 3.05) is 19.5 Å². The van der Waals surface area contributed by atoms with E-state index in [9.17, 15) is 9.90 Å². The van der Waals surface area contributed by atoms with Crippen molar-refractivity contribution < 1.29 is 19.4 Å². The highest BCUT2D eigenvalue weighted by molar-refractivity contribution is 5.92. The number of fused-ring (bicyclic) bond motifs is 1. The van der Waals surface area contributed by atoms with Gasteiger partial charge in [-0.25, -0.2) is 4.79 Å². The van der Waals surface area contributed by atoms with Crippen molar-refractivity contribution >= 4 is 11.9 Å². The summed E-state index contributed by atoms with van der Waals surface area (Å²) < 4.78 is 11.6. The Morgan fingerprint density at radius 1 is 1.42 bits per heavy atom. The number of carbonyl (C=O) groups is 1. The smallest absolute Gasteiger partial charge is 0.338 e. The maximum absolute atomic E-state index is 12.4. The van der Waals surface area contributed by atoms with Crippen LogP contribution in [0, 0.1) is 0 Å². The van der Waals surface area contributed by atoms with Crippen LogP contribution in [0.3, 0.4) is 0 Å². The molecule has 0 amide bonds. The van der Waals surface area contributed by atoms with Crippen molar-refractivity contribution in [1.29, 1.82) is 0 Å². The lowest BCUT2D eigenvalue weighted by Gasteiger charge is -2.28. The van der Waals surface area contributed by atoms with Crippen molar-refractivity contribution in [3.8, 4) is 11.5 Å². The standard InChI is InChI=1S/C15H17N5O4/c1-4-9-12(14(22)24-3)13(20-15(16-9)17-18-19-20)8-5-6-10(21)11(7-8)23-2/h5-7,13,21H,4H2,1-3H3,(H,16,17,19)/t13-/m0/s1. The van der Waals surface area contributed by atoms with Gasteiger partial charge in [0.2, 0.25) is 5.95 Å². The van der Waals surface area contributed by atoms with Gasteiger partial charge in [0.05, 0.1) is 19.8 Å². The molecule has 1 aliphatic heterocycles. The molecule has 2 N–H and O–H groups in total. The summed E-state index contributed by atoms with van der Waals surface area (Å²) in [5.74, 6) is 0.253. The predicted molar refractivity (Wildman–Crippen MR) is 83.6 cm³/mol. The van der Waals surface area contributed by atoms with Gasteiger partial charge in [0, 0.05) is 5.70 Å². The lowest BCUT2D eigenvalue weighted by molar-refractivity contribution is -0.136. The fourth-order valence-electron chi connectivity index (χ4n) is 2.74. The number of phenols is 1. The minimum atomic E-state index is -0.590. The number of carbonyl (C=O) groups excluding carboxylic acids is 1. The zero-order valence-electron chi connectivity index (χ0n) is 13.5. The van der Waals surface area contributed by atoms with Crippen LogP contribution in [0.15, 0.2) is 29.5 Å². The maximum Gasteiger partial charge on any atom is 0.338 e. The minimum absolute atomic E-state index is 0.00596. The number of aromatic hydroxyl groups is 1. The second-order valence-corrected chi connectivity index (χ2v) is 5.14. The van der Waals surface area contributed by atoms with E-state index in [1.165, 1.54) is 25.0 Å². The predicted octanol–water partition coefficient (Wildman–Crippen LogP) is 1.24. The molecule has 2 aromatic rings. The molecule has 1 atom stereocenters. The van der Waals surface area contributed by atoms with E-state index in [-0.39, 0.29) is 5.75 Å². The average molecular weight is 331 g/mol. The molecule has 0 bridgehead atoms. The number of hydrogen-bond acceptors (Lipinski definition) is 8. The zero-order valence-corrected chi connectivity index (χ0v) is 13.5. The number of rotatable bonds is 4. The number of ether oxygens (including phenoxy) is 2. The molecular weight excluding hydrogens is 314 g/mol. The van der Waals surface area contributed by atoms with E-state index >= 15 is 0 Å². The van der Waals surface area contributed by atoms with Crippen LogP contribution in [0.5, 0.6) is 11.5 Å². The number of tetrazole rings is 1. The molecule has 1 aliphatic rings. The summed E-state index contributed by atoms with van der Waals surface area (Å²) >= 11 is 0. The molecule has 2 heterocycles. The molecule has 9 nitrogen and oxygen atoms in total. The van der Waals surface area contributed by atoms with Crippen molar-refractivity contribution in [3.63, 3.8) is 0 Å². The Morgan fingerprint density at radius 2 is 2.21 bits per heavy atom. The molecule has 1 aromatic carbocycles. The second-order valence-electron chi connectivity index (χ2n) is 5.14. The van der Waals surface area contributed by atoms with E-state index in [2.05, 4.69) is 20.8 Å². The fraction of sp³-hybridized carbons (Fsp3) is 0.333. The molecule has 0 spiro atoms. The number of hydrogen-bond donors (Lipinski definition) is 2. The number of esters is 1. The highest BCUT2D eigenvalue weighted by Gasteiger charge is 2.35. The van der Waals surface area contributed by atoms with Crippen LogP contribution >= 0.6 is 0 Å². The van der Waals surface area contributed by atoms with Crippen molar-refractivity contribution in [2.24, 2.45) is 0 Å². The third kappa shape index (κ3) is 2.43. The van der Waals surface area contributed by atoms with Crippen LogP contribution in [-0.2, 0) is 9.53 Å². The normalized spacial score (nSPS) is 16.4. The van der Waals surface area contributed by atoms with E-state index in [0.29, 0.717) is 35.0 Å². The molecule has 0 radical (unpaired) electrons. The quantitative estimate of drug-likeness (QED) is 0.805. The Bertz CT molecular complexity index is 814. The van der Waals surface area contributed by atoms with E-state index in [1.807, 2.05) is 6.92 Å². The van der Waals surface area contributed by atoms with Gasteiger partial charge in [-0.2, -0.15) is 4.68 Å². The van der Waals surface area contributed by atoms with Crippen molar-refractivity contribution in [3.05, 3.63) is 35.0 Å². The summed E-state index contributed by atoms with van der Waals surface area (Å²) in [6.07, 6.45) is 0.572. The Hall–Kier alpha value is -3.10. The minimum Gasteiger partial charge on any atom is -0.504 e. The van der Waals surface area contributed by atoms with Gasteiger partial charge in [-0.3, -0.25) is 0 Å². The van der Waals surface area contributed by atoms with Gasteiger partial charge in [0.15, 0.2) is 11.5 Å². The first-order chi connectivity index (χ1) is 11.6. The monoisotopic (exact) mass is 331 g/mol. The lowest BCUT2D eigenvalue weighted by atomic mass is 9.94. The first-order valence-electron chi connectivity index (χ1n) is 7.33. The van der Waals surface area contributed by atoms with Gasteiger partial charge in [0.25, 0.3) is 0 Å². The number of phenolic OH excluding ortho intramolecular Hbond substituents is 1. The Labute approximate surface area is 137 Å². The van der Waals surface area contributed by atoms with Crippen LogP contribution in [0.2, 0.25) is 0 Å². The third-order valence-electron chi connectivity index (χ3n) is 3.88. The van der Waals surface area contributed by atoms with Crippen LogP contribution in [0.1, 0.15) is 24.9 Å². The largest absolute Gasteiger partial charge is 0.504 e. The van der Waals surface area contributed by atoms with Gasteiger partial charge in [-0.1, -0.05) is 18.1 Å². The summed E-state index contributed by atoms with van der Waals surface area (Å²) in [5.41, 5.74) is 1.78. The highest BCUT2D eigenvalue weighted by atomic mass is 16.5. The number of methoxy groups -OCH3 is 2. The molecule has 1 aromatic heterocycles. The lowest BCUT2D eigenvalue weighted by Crippen LogP contribution is -2.30. The number of nitrogens with one attached hydrogen (secondary N) is 1. The second kappa shape index (κ2) is 6.19. The molecule has 3 rings (SSSR count). The Morgan fingerprint density at radius 3 is 2.88 bits per heavy atom. The molecule has 0 saturated carbocycles. The SMILES string of the molecule is CCC1=C(C(=O)OC)[C@H](c2ccc(O)c(OC)c2)n2nnnc2N1. The molecule has 0 aliphatic carbocycles. The summed E-state index contributed by atoms with van der Waals surface area (Å²) in [6.45, 7) is 1.92. The average Bonchev–Trinajstić information content (AvgIpc) is 3.08. The van der Waals surface area contributed by atoms with Crippen molar-refractivity contribution in [1.82, 2.24) is 20.2 Å². The number of aromatic nitrogens is 4. The van der Waals surface area contributed by atoms with Gasteiger partial charge in [-0.15, -0.1) is 0 Å². The molecule has 0 unspecified atom stereocenters. The Balaban J connectivity index is 2.21. The van der Waals surface area contributed by atoms with E-state index in [1.54, 1.807) is 12.1 Å². The van der Waals surface area contributed by atoms with Gasteiger partial charge in [-0.05, 0) is 34.5 Å². The molecule has 0 saturated heterocycles. The summed E-state index contributed by atoms with van der Waals surface area (Å²) in [6, 6.07) is 4.25. The number of allylic oxidation sites excluding steroid dienone is 1. The number of benzene rings is 1. The summed E-state index contributed by atoms with van der Waals surface area (Å²) in [4.78, 5) is 12.4. The first kappa shape index (κ1) is 15.8.